The minimum atomic E-state index is -1.38. The molecule has 1 aromatic rings. The molecule has 2 unspecified atom stereocenters. The Morgan fingerprint density at radius 2 is 1.82 bits per heavy atom. The highest BCUT2D eigenvalue weighted by atomic mass is 16.6. The van der Waals surface area contributed by atoms with E-state index in [9.17, 15) is 24.8 Å². The number of ether oxygens (including phenoxy) is 1. The Morgan fingerprint density at radius 3 is 2.33 bits per heavy atom. The van der Waals surface area contributed by atoms with Gasteiger partial charge in [0.15, 0.2) is 0 Å². The molecule has 0 spiro atoms. The maximum absolute atomic E-state index is 13.3. The number of alkyl carbamates (subject to hydrolysis) is 1. The van der Waals surface area contributed by atoms with Crippen molar-refractivity contribution in [3.8, 4) is 6.07 Å². The van der Waals surface area contributed by atoms with Crippen molar-refractivity contribution in [1.29, 1.82) is 5.26 Å². The third-order valence-electron chi connectivity index (χ3n) is 4.73. The Labute approximate surface area is 196 Å². The number of hydrogen-bond donors (Lipinski definition) is 3. The normalized spacial score (nSPS) is 12.8. The molecule has 1 rings (SSSR count). The van der Waals surface area contributed by atoms with E-state index in [4.69, 9.17) is 4.74 Å². The van der Waals surface area contributed by atoms with Gasteiger partial charge in [-0.05, 0) is 39.7 Å². The summed E-state index contributed by atoms with van der Waals surface area (Å²) in [5.41, 5.74) is 0.687. The summed E-state index contributed by atoms with van der Waals surface area (Å²) >= 11 is 0. The monoisotopic (exact) mass is 460 g/mol. The standard InChI is InChI=1S/C24H36N4O5/c1-6-7-8-14-26-21(30)20(18-11-9-17(2)10-12-18)28(15-13-25)22(31)19(16-29)27-23(32)33-24(3,4)5/h9-12,19-20,29H,6-8,14-16H2,1-5H3,(H,26,30)(H,27,32). The molecule has 0 saturated carbocycles. The van der Waals surface area contributed by atoms with Crippen LogP contribution in [-0.2, 0) is 14.3 Å². The van der Waals surface area contributed by atoms with Crippen LogP contribution >= 0.6 is 0 Å². The number of hydrogen-bond acceptors (Lipinski definition) is 6. The molecule has 0 aliphatic carbocycles. The van der Waals surface area contributed by atoms with Crippen molar-refractivity contribution < 1.29 is 24.2 Å². The van der Waals surface area contributed by atoms with Gasteiger partial charge in [0.25, 0.3) is 0 Å². The first kappa shape index (κ1) is 27.9. The second-order valence-electron chi connectivity index (χ2n) is 8.82. The first-order chi connectivity index (χ1) is 15.5. The molecule has 1 aromatic carbocycles. The lowest BCUT2D eigenvalue weighted by atomic mass is 10.0. The zero-order valence-electron chi connectivity index (χ0n) is 20.2. The second kappa shape index (κ2) is 13.4. The van der Waals surface area contributed by atoms with Crippen LogP contribution in [0, 0.1) is 18.3 Å². The molecular weight excluding hydrogens is 424 g/mol. The Hall–Kier alpha value is -3.12. The number of nitriles is 1. The molecule has 9 heteroatoms. The molecule has 3 N–H and O–H groups in total. The number of nitrogens with zero attached hydrogens (tertiary/aromatic N) is 2. The quantitative estimate of drug-likeness (QED) is 0.343. The van der Waals surface area contributed by atoms with Gasteiger partial charge in [-0.15, -0.1) is 0 Å². The van der Waals surface area contributed by atoms with E-state index in [1.165, 1.54) is 0 Å². The van der Waals surface area contributed by atoms with Crippen LogP contribution < -0.4 is 10.6 Å². The molecule has 33 heavy (non-hydrogen) atoms. The zero-order chi connectivity index (χ0) is 25.0. The number of carbonyl (C=O) groups excluding carboxylic acids is 3. The van der Waals surface area contributed by atoms with Gasteiger partial charge in [-0.3, -0.25) is 9.59 Å². The number of rotatable bonds is 11. The van der Waals surface area contributed by atoms with Gasteiger partial charge in [-0.1, -0.05) is 49.6 Å². The number of aryl methyl sites for hydroxylation is 1. The molecular formula is C24H36N4O5. The summed E-state index contributed by atoms with van der Waals surface area (Å²) in [5, 5.41) is 24.3. The third-order valence-corrected chi connectivity index (χ3v) is 4.73. The fourth-order valence-electron chi connectivity index (χ4n) is 3.11. The average Bonchev–Trinajstić information content (AvgIpc) is 2.74. The van der Waals surface area contributed by atoms with Gasteiger partial charge in [0, 0.05) is 6.54 Å². The van der Waals surface area contributed by atoms with Crippen LogP contribution in [0.25, 0.3) is 0 Å². The van der Waals surface area contributed by atoms with Gasteiger partial charge in [0.1, 0.15) is 24.2 Å². The molecule has 0 aromatic heterocycles. The topological polar surface area (TPSA) is 132 Å². The molecule has 182 valence electrons. The van der Waals surface area contributed by atoms with Crippen molar-refractivity contribution in [2.75, 3.05) is 19.7 Å². The summed E-state index contributed by atoms with van der Waals surface area (Å²) in [5.74, 6) is -1.20. The lowest BCUT2D eigenvalue weighted by molar-refractivity contribution is -0.142. The van der Waals surface area contributed by atoms with Gasteiger partial charge in [-0.25, -0.2) is 4.79 Å². The highest BCUT2D eigenvalue weighted by Crippen LogP contribution is 2.23. The van der Waals surface area contributed by atoms with Crippen LogP contribution in [0.4, 0.5) is 4.79 Å². The van der Waals surface area contributed by atoms with Gasteiger partial charge >= 0.3 is 6.09 Å². The lowest BCUT2D eigenvalue weighted by Gasteiger charge is -2.32. The minimum absolute atomic E-state index is 0.410. The van der Waals surface area contributed by atoms with Gasteiger partial charge in [-0.2, -0.15) is 5.26 Å². The van der Waals surface area contributed by atoms with E-state index >= 15 is 0 Å². The maximum Gasteiger partial charge on any atom is 0.408 e. The van der Waals surface area contributed by atoms with Gasteiger partial charge in [0.05, 0.1) is 12.7 Å². The predicted octanol–water partition coefficient (Wildman–Crippen LogP) is 2.58. The fraction of sp³-hybridized carbons (Fsp3) is 0.583. The van der Waals surface area contributed by atoms with Crippen molar-refractivity contribution in [1.82, 2.24) is 15.5 Å². The van der Waals surface area contributed by atoms with E-state index in [1.807, 2.05) is 25.1 Å². The summed E-state index contributed by atoms with van der Waals surface area (Å²) < 4.78 is 5.17. The number of unbranched alkanes of at least 4 members (excludes halogenated alkanes) is 2. The van der Waals surface area contributed by atoms with E-state index < -0.39 is 48.7 Å². The van der Waals surface area contributed by atoms with E-state index in [0.717, 1.165) is 29.7 Å². The Bertz CT molecular complexity index is 827. The molecule has 0 radical (unpaired) electrons. The third kappa shape index (κ3) is 9.49. The Kier molecular flexibility index (Phi) is 11.4. The minimum Gasteiger partial charge on any atom is -0.444 e. The Balaban J connectivity index is 3.23. The van der Waals surface area contributed by atoms with Crippen molar-refractivity contribution in [3.05, 3.63) is 35.4 Å². The van der Waals surface area contributed by atoms with Crippen molar-refractivity contribution >= 4 is 17.9 Å². The molecule has 0 fully saturated rings. The van der Waals surface area contributed by atoms with Crippen LogP contribution in [0.2, 0.25) is 0 Å². The number of benzene rings is 1. The van der Waals surface area contributed by atoms with E-state index in [0.29, 0.717) is 12.1 Å². The van der Waals surface area contributed by atoms with Crippen LogP contribution in [0.3, 0.4) is 0 Å². The SMILES string of the molecule is CCCCCNC(=O)C(c1ccc(C)cc1)N(CC#N)C(=O)C(CO)NC(=O)OC(C)(C)C. The highest BCUT2D eigenvalue weighted by Gasteiger charge is 2.36. The first-order valence-corrected chi connectivity index (χ1v) is 11.2. The van der Waals surface area contributed by atoms with Gasteiger partial charge in [0.2, 0.25) is 11.8 Å². The smallest absolute Gasteiger partial charge is 0.408 e. The van der Waals surface area contributed by atoms with E-state index in [-0.39, 0.29) is 0 Å². The van der Waals surface area contributed by atoms with Crippen LogP contribution in [0.1, 0.15) is 64.1 Å². The fourth-order valence-corrected chi connectivity index (χ4v) is 3.11. The summed E-state index contributed by atoms with van der Waals surface area (Å²) in [6, 6.07) is 6.49. The summed E-state index contributed by atoms with van der Waals surface area (Å²) in [4.78, 5) is 39.7. The molecule has 9 nitrogen and oxygen atoms in total. The summed E-state index contributed by atoms with van der Waals surface area (Å²) in [7, 11) is 0. The number of amides is 3. The van der Waals surface area contributed by atoms with Crippen molar-refractivity contribution in [3.63, 3.8) is 0 Å². The van der Waals surface area contributed by atoms with Gasteiger partial charge < -0.3 is 25.4 Å². The number of aliphatic hydroxyl groups excluding tert-OH is 1. The molecule has 0 saturated heterocycles. The van der Waals surface area contributed by atoms with E-state index in [1.54, 1.807) is 32.9 Å². The molecule has 0 heterocycles. The predicted molar refractivity (Wildman–Crippen MR) is 124 cm³/mol. The molecule has 0 aliphatic heterocycles. The maximum atomic E-state index is 13.3. The molecule has 0 aliphatic rings. The van der Waals surface area contributed by atoms with Crippen molar-refractivity contribution in [2.45, 2.75) is 71.6 Å². The lowest BCUT2D eigenvalue weighted by Crippen LogP contribution is -2.54. The second-order valence-corrected chi connectivity index (χ2v) is 8.82. The molecule has 2 atom stereocenters. The Morgan fingerprint density at radius 1 is 1.18 bits per heavy atom. The first-order valence-electron chi connectivity index (χ1n) is 11.2. The number of nitrogens with one attached hydrogen (secondary N) is 2. The number of aliphatic hydroxyl groups is 1. The number of carbonyl (C=O) groups is 3. The van der Waals surface area contributed by atoms with Crippen LogP contribution in [0.5, 0.6) is 0 Å². The van der Waals surface area contributed by atoms with Crippen molar-refractivity contribution in [2.24, 2.45) is 0 Å². The highest BCUT2D eigenvalue weighted by molar-refractivity contribution is 5.92. The molecule has 0 bridgehead atoms. The van der Waals surface area contributed by atoms with Crippen LogP contribution in [-0.4, -0.2) is 59.3 Å². The zero-order valence-corrected chi connectivity index (χ0v) is 20.2. The summed E-state index contributed by atoms with van der Waals surface area (Å²) in [6.45, 7) is 8.25. The average molecular weight is 461 g/mol. The molecule has 3 amide bonds. The van der Waals surface area contributed by atoms with E-state index in [2.05, 4.69) is 17.6 Å². The largest absolute Gasteiger partial charge is 0.444 e. The summed E-state index contributed by atoms with van der Waals surface area (Å²) in [6.07, 6.45) is 1.84. The van der Waals surface area contributed by atoms with Crippen LogP contribution in [0.15, 0.2) is 24.3 Å².